The minimum Gasteiger partial charge on any atom is -1.00 e. The zero-order valence-corrected chi connectivity index (χ0v) is 14.9. The van der Waals surface area contributed by atoms with Crippen LogP contribution in [0.1, 0.15) is 25.3 Å². The van der Waals surface area contributed by atoms with Crippen LogP contribution >= 0.6 is 0 Å². The molecule has 1 amide bonds. The molecule has 1 N–H and O–H groups in total. The molecule has 21 heavy (non-hydrogen) atoms. The van der Waals surface area contributed by atoms with Gasteiger partial charge in [-0.3, -0.25) is 0 Å². The molecule has 0 spiro atoms. The van der Waals surface area contributed by atoms with Crippen LogP contribution in [0, 0.1) is 7.43 Å². The Morgan fingerprint density at radius 1 is 1.29 bits per heavy atom. The number of rotatable bonds is 2. The molecule has 0 atom stereocenters. The van der Waals surface area contributed by atoms with Gasteiger partial charge in [-0.1, -0.05) is 30.3 Å². The van der Waals surface area contributed by atoms with E-state index in [1.807, 2.05) is 30.3 Å². The first kappa shape index (κ1) is 22.8. The summed E-state index contributed by atoms with van der Waals surface area (Å²) >= 11 is 0. The standard InChI is InChI=1S/C14H19NO3.CH3.ClH.Mg/c1-14(17)7-9-15(10-8-14)13(16)18-11-12-5-3-2-4-6-12;;;/h2-6,17H,7-11H2,1H3;1H3;1H;/q;-1;;+2/p-1. The van der Waals surface area contributed by atoms with E-state index >= 15 is 0 Å². The van der Waals surface area contributed by atoms with Gasteiger partial charge in [0.1, 0.15) is 6.61 Å². The van der Waals surface area contributed by atoms with Crippen LogP contribution in [0.3, 0.4) is 0 Å². The first-order valence-electron chi connectivity index (χ1n) is 6.25. The van der Waals surface area contributed by atoms with Crippen molar-refractivity contribution in [3.63, 3.8) is 0 Å². The second kappa shape index (κ2) is 10.3. The first-order chi connectivity index (χ1) is 8.57. The van der Waals surface area contributed by atoms with Crippen LogP contribution in [0.15, 0.2) is 30.3 Å². The number of carbonyl (C=O) groups excluding carboxylic acids is 1. The number of aliphatic hydroxyl groups is 1. The number of benzene rings is 1. The molecule has 0 radical (unpaired) electrons. The van der Waals surface area contributed by atoms with Crippen LogP contribution in [0.25, 0.3) is 0 Å². The molecule has 0 unspecified atom stereocenters. The van der Waals surface area contributed by atoms with Crippen LogP contribution in [0.4, 0.5) is 4.79 Å². The van der Waals surface area contributed by atoms with Gasteiger partial charge in [-0.2, -0.15) is 0 Å². The van der Waals surface area contributed by atoms with Crippen molar-refractivity contribution in [2.45, 2.75) is 32.0 Å². The van der Waals surface area contributed by atoms with Gasteiger partial charge in [0.2, 0.25) is 0 Å². The summed E-state index contributed by atoms with van der Waals surface area (Å²) in [4.78, 5) is 13.5. The fourth-order valence-corrected chi connectivity index (χ4v) is 1.98. The fraction of sp³-hybridized carbons (Fsp3) is 0.467. The number of likely N-dealkylation sites (tertiary alicyclic amines) is 1. The molecule has 114 valence electrons. The molecule has 1 aliphatic rings. The summed E-state index contributed by atoms with van der Waals surface area (Å²) < 4.78 is 5.24. The molecule has 6 heteroatoms. The van der Waals surface area contributed by atoms with Crippen LogP contribution < -0.4 is 12.4 Å². The molecule has 0 aliphatic carbocycles. The van der Waals surface area contributed by atoms with E-state index in [-0.39, 0.29) is 49.0 Å². The van der Waals surface area contributed by atoms with Gasteiger partial charge in [-0.05, 0) is 25.3 Å². The van der Waals surface area contributed by atoms with Crippen molar-refractivity contribution in [1.29, 1.82) is 0 Å². The van der Waals surface area contributed by atoms with Gasteiger partial charge in [0, 0.05) is 13.1 Å². The summed E-state index contributed by atoms with van der Waals surface area (Å²) in [6.45, 7) is 3.22. The summed E-state index contributed by atoms with van der Waals surface area (Å²) in [6, 6.07) is 9.61. The van der Waals surface area contributed by atoms with Crippen molar-refractivity contribution in [3.05, 3.63) is 43.3 Å². The maximum absolute atomic E-state index is 11.8. The van der Waals surface area contributed by atoms with Crippen molar-refractivity contribution >= 4 is 29.1 Å². The van der Waals surface area contributed by atoms with Gasteiger partial charge in [0.15, 0.2) is 0 Å². The summed E-state index contributed by atoms with van der Waals surface area (Å²) in [5, 5.41) is 9.80. The van der Waals surface area contributed by atoms with E-state index in [4.69, 9.17) is 4.74 Å². The Balaban J connectivity index is 0. The van der Waals surface area contributed by atoms with Crippen molar-refractivity contribution < 1.29 is 27.0 Å². The third kappa shape index (κ3) is 7.36. The van der Waals surface area contributed by atoms with Crippen molar-refractivity contribution in [1.82, 2.24) is 4.90 Å². The molecule has 0 bridgehead atoms. The smallest absolute Gasteiger partial charge is 1.00 e. The minimum absolute atomic E-state index is 0. The van der Waals surface area contributed by atoms with E-state index in [0.717, 1.165) is 5.56 Å². The van der Waals surface area contributed by atoms with E-state index in [9.17, 15) is 9.90 Å². The van der Waals surface area contributed by atoms with Gasteiger partial charge in [0.25, 0.3) is 0 Å². The van der Waals surface area contributed by atoms with Gasteiger partial charge < -0.3 is 34.6 Å². The molecule has 0 aromatic heterocycles. The Bertz CT molecular complexity index is 405. The molecule has 1 saturated heterocycles. The second-order valence-corrected chi connectivity index (χ2v) is 5.02. The van der Waals surface area contributed by atoms with E-state index in [2.05, 4.69) is 0 Å². The molecule has 2 rings (SSSR count). The Morgan fingerprint density at radius 2 is 1.81 bits per heavy atom. The number of halogens is 1. The van der Waals surface area contributed by atoms with E-state index in [1.54, 1.807) is 11.8 Å². The van der Waals surface area contributed by atoms with Gasteiger partial charge >= 0.3 is 29.1 Å². The van der Waals surface area contributed by atoms with Crippen molar-refractivity contribution in [2.24, 2.45) is 0 Å². The molecule has 1 fully saturated rings. The third-order valence-electron chi connectivity index (χ3n) is 3.30. The quantitative estimate of drug-likeness (QED) is 0.575. The average Bonchev–Trinajstić information content (AvgIpc) is 2.37. The number of carbonyl (C=O) groups is 1. The number of amides is 1. The second-order valence-electron chi connectivity index (χ2n) is 5.02. The molecule has 1 aromatic carbocycles. The number of nitrogens with zero attached hydrogens (tertiary/aromatic N) is 1. The first-order valence-corrected chi connectivity index (χ1v) is 6.25. The maximum atomic E-state index is 11.8. The Labute approximate surface area is 149 Å². The number of ether oxygens (including phenoxy) is 1. The Morgan fingerprint density at radius 3 is 2.33 bits per heavy atom. The molecule has 1 heterocycles. The van der Waals surface area contributed by atoms with E-state index in [1.165, 1.54) is 0 Å². The topological polar surface area (TPSA) is 49.8 Å². The molecular formula is C15H22ClMgNO3. The zero-order chi connectivity index (χ0) is 13.0. The number of piperidine rings is 1. The average molecular weight is 324 g/mol. The molecule has 4 nitrogen and oxygen atoms in total. The summed E-state index contributed by atoms with van der Waals surface area (Å²) in [5.74, 6) is 0. The minimum atomic E-state index is -0.643. The van der Waals surface area contributed by atoms with Crippen LogP contribution in [-0.2, 0) is 11.3 Å². The summed E-state index contributed by atoms with van der Waals surface area (Å²) in [5.41, 5.74) is 0.339. The predicted octanol–water partition coefficient (Wildman–Crippen LogP) is -0.757. The van der Waals surface area contributed by atoms with Crippen LogP contribution in [-0.4, -0.2) is 57.8 Å². The molecular weight excluding hydrogens is 302 g/mol. The van der Waals surface area contributed by atoms with Gasteiger partial charge in [0.05, 0.1) is 5.60 Å². The zero-order valence-electron chi connectivity index (χ0n) is 12.7. The largest absolute Gasteiger partial charge is 2.00 e. The van der Waals surface area contributed by atoms with Gasteiger partial charge in [-0.25, -0.2) is 4.79 Å². The third-order valence-corrected chi connectivity index (χ3v) is 3.30. The van der Waals surface area contributed by atoms with Crippen LogP contribution in [0.2, 0.25) is 0 Å². The van der Waals surface area contributed by atoms with Crippen molar-refractivity contribution in [3.8, 4) is 0 Å². The summed E-state index contributed by atoms with van der Waals surface area (Å²) in [6.07, 6.45) is 0.912. The predicted molar refractivity (Wildman–Crippen MR) is 80.2 cm³/mol. The Kier molecular flexibility index (Phi) is 11.1. The number of hydrogen-bond donors (Lipinski definition) is 1. The normalized spacial score (nSPS) is 15.8. The summed E-state index contributed by atoms with van der Waals surface area (Å²) in [7, 11) is 0. The van der Waals surface area contributed by atoms with E-state index < -0.39 is 5.60 Å². The monoisotopic (exact) mass is 323 g/mol. The molecule has 1 aromatic rings. The molecule has 0 saturated carbocycles. The SMILES string of the molecule is CC1(O)CCN(C(=O)OCc2ccccc2)CC1.[CH3-].[Cl-].[Mg+2]. The maximum Gasteiger partial charge on any atom is 2.00 e. The van der Waals surface area contributed by atoms with Crippen molar-refractivity contribution in [2.75, 3.05) is 13.1 Å². The van der Waals surface area contributed by atoms with Crippen LogP contribution in [0.5, 0.6) is 0 Å². The Hall–Kier alpha value is -0.494. The number of hydrogen-bond acceptors (Lipinski definition) is 3. The van der Waals surface area contributed by atoms with E-state index in [0.29, 0.717) is 32.5 Å². The fourth-order valence-electron chi connectivity index (χ4n) is 1.98. The van der Waals surface area contributed by atoms with Gasteiger partial charge in [-0.15, -0.1) is 0 Å². The molecule has 1 aliphatic heterocycles.